The largest absolute Gasteiger partial charge is 0.464 e. The minimum absolute atomic E-state index is 0.0842. The first-order chi connectivity index (χ1) is 9.19. The van der Waals surface area contributed by atoms with Gasteiger partial charge in [0.25, 0.3) is 0 Å². The van der Waals surface area contributed by atoms with Gasteiger partial charge in [0, 0.05) is 19.2 Å². The first kappa shape index (κ1) is 15.4. The standard InChI is InChI=1S/C12H23N5O2/c1-4-7-13-10-15-11(14-9(3)6-8-18)17-12(16-10)19-5-2/h9,18H,4-8H2,1-3H3,(H2,13,14,15,16,17). The van der Waals surface area contributed by atoms with Crippen molar-refractivity contribution in [3.8, 4) is 6.01 Å². The quantitative estimate of drug-likeness (QED) is 0.621. The molecule has 108 valence electrons. The maximum atomic E-state index is 8.89. The Morgan fingerprint density at radius 1 is 1.21 bits per heavy atom. The van der Waals surface area contributed by atoms with Crippen LogP contribution in [0.5, 0.6) is 6.01 Å². The number of hydrogen-bond donors (Lipinski definition) is 3. The summed E-state index contributed by atoms with van der Waals surface area (Å²) in [6.45, 7) is 7.33. The maximum Gasteiger partial charge on any atom is 0.323 e. The van der Waals surface area contributed by atoms with Crippen molar-refractivity contribution in [2.75, 3.05) is 30.4 Å². The minimum atomic E-state index is 0.0842. The van der Waals surface area contributed by atoms with Gasteiger partial charge in [-0.25, -0.2) is 0 Å². The maximum absolute atomic E-state index is 8.89. The van der Waals surface area contributed by atoms with Gasteiger partial charge >= 0.3 is 6.01 Å². The van der Waals surface area contributed by atoms with Crippen molar-refractivity contribution in [3.05, 3.63) is 0 Å². The van der Waals surface area contributed by atoms with Crippen molar-refractivity contribution in [2.45, 2.75) is 39.7 Å². The lowest BCUT2D eigenvalue weighted by molar-refractivity contribution is 0.281. The van der Waals surface area contributed by atoms with Gasteiger partial charge in [-0.1, -0.05) is 6.92 Å². The molecule has 1 rings (SSSR count). The van der Waals surface area contributed by atoms with Gasteiger partial charge in [0.2, 0.25) is 11.9 Å². The van der Waals surface area contributed by atoms with Crippen LogP contribution in [0.25, 0.3) is 0 Å². The van der Waals surface area contributed by atoms with Gasteiger partial charge in [0.1, 0.15) is 0 Å². The van der Waals surface area contributed by atoms with Crippen molar-refractivity contribution in [1.29, 1.82) is 0 Å². The molecule has 1 heterocycles. The second-order valence-corrected chi connectivity index (χ2v) is 4.18. The Labute approximate surface area is 113 Å². The summed E-state index contributed by atoms with van der Waals surface area (Å²) < 4.78 is 5.32. The number of aliphatic hydroxyl groups is 1. The van der Waals surface area contributed by atoms with Gasteiger partial charge in [-0.15, -0.1) is 0 Å². The van der Waals surface area contributed by atoms with Gasteiger partial charge in [0.15, 0.2) is 0 Å². The summed E-state index contributed by atoms with van der Waals surface area (Å²) >= 11 is 0. The molecule has 1 unspecified atom stereocenters. The van der Waals surface area contributed by atoms with E-state index < -0.39 is 0 Å². The van der Waals surface area contributed by atoms with Crippen LogP contribution in [-0.2, 0) is 0 Å². The summed E-state index contributed by atoms with van der Waals surface area (Å²) in [4.78, 5) is 12.6. The number of rotatable bonds is 9. The zero-order valence-electron chi connectivity index (χ0n) is 11.8. The molecule has 0 bridgehead atoms. The third-order valence-electron chi connectivity index (χ3n) is 2.36. The van der Waals surface area contributed by atoms with E-state index in [2.05, 4.69) is 32.5 Å². The van der Waals surface area contributed by atoms with Crippen LogP contribution >= 0.6 is 0 Å². The van der Waals surface area contributed by atoms with E-state index in [9.17, 15) is 0 Å². The number of nitrogens with zero attached hydrogens (tertiary/aromatic N) is 3. The SMILES string of the molecule is CCCNc1nc(NC(C)CCO)nc(OCC)n1. The van der Waals surface area contributed by atoms with Crippen LogP contribution in [0.15, 0.2) is 0 Å². The predicted octanol–water partition coefficient (Wildman–Crippen LogP) is 1.27. The van der Waals surface area contributed by atoms with E-state index in [1.165, 1.54) is 0 Å². The van der Waals surface area contributed by atoms with Gasteiger partial charge in [-0.2, -0.15) is 15.0 Å². The van der Waals surface area contributed by atoms with Crippen molar-refractivity contribution in [1.82, 2.24) is 15.0 Å². The molecule has 0 aliphatic carbocycles. The summed E-state index contributed by atoms with van der Waals surface area (Å²) in [5, 5.41) is 15.1. The highest BCUT2D eigenvalue weighted by Crippen LogP contribution is 2.12. The van der Waals surface area contributed by atoms with Crippen LogP contribution in [0.4, 0.5) is 11.9 Å². The molecule has 1 aromatic rings. The molecule has 0 spiro atoms. The lowest BCUT2D eigenvalue weighted by Crippen LogP contribution is -2.19. The Morgan fingerprint density at radius 3 is 2.58 bits per heavy atom. The third-order valence-corrected chi connectivity index (χ3v) is 2.36. The first-order valence-corrected chi connectivity index (χ1v) is 6.69. The van der Waals surface area contributed by atoms with Crippen molar-refractivity contribution < 1.29 is 9.84 Å². The Kier molecular flexibility index (Phi) is 6.88. The van der Waals surface area contributed by atoms with Gasteiger partial charge in [-0.05, 0) is 26.7 Å². The zero-order valence-corrected chi connectivity index (χ0v) is 11.8. The molecular weight excluding hydrogens is 246 g/mol. The Bertz CT molecular complexity index is 375. The van der Waals surface area contributed by atoms with E-state index in [-0.39, 0.29) is 12.6 Å². The van der Waals surface area contributed by atoms with E-state index in [0.717, 1.165) is 13.0 Å². The Balaban J connectivity index is 2.79. The monoisotopic (exact) mass is 269 g/mol. The minimum Gasteiger partial charge on any atom is -0.464 e. The average Bonchev–Trinajstić information content (AvgIpc) is 2.36. The molecule has 7 heteroatoms. The van der Waals surface area contributed by atoms with E-state index in [0.29, 0.717) is 30.9 Å². The fraction of sp³-hybridized carbons (Fsp3) is 0.750. The molecule has 1 aromatic heterocycles. The highest BCUT2D eigenvalue weighted by Gasteiger charge is 2.09. The summed E-state index contributed by atoms with van der Waals surface area (Å²) in [6.07, 6.45) is 1.62. The molecule has 7 nitrogen and oxygen atoms in total. The van der Waals surface area contributed by atoms with Crippen LogP contribution in [0.2, 0.25) is 0 Å². The number of anilines is 2. The molecule has 0 aliphatic heterocycles. The van der Waals surface area contributed by atoms with Crippen molar-refractivity contribution in [2.24, 2.45) is 0 Å². The van der Waals surface area contributed by atoms with E-state index in [4.69, 9.17) is 9.84 Å². The lowest BCUT2D eigenvalue weighted by Gasteiger charge is -2.14. The summed E-state index contributed by atoms with van der Waals surface area (Å²) in [7, 11) is 0. The van der Waals surface area contributed by atoms with Crippen LogP contribution in [0.3, 0.4) is 0 Å². The summed E-state index contributed by atoms with van der Waals surface area (Å²) in [6, 6.07) is 0.385. The molecule has 0 saturated heterocycles. The van der Waals surface area contributed by atoms with Crippen LogP contribution in [-0.4, -0.2) is 45.9 Å². The normalized spacial score (nSPS) is 12.0. The Morgan fingerprint density at radius 2 is 1.95 bits per heavy atom. The predicted molar refractivity (Wildman–Crippen MR) is 74.6 cm³/mol. The highest BCUT2D eigenvalue weighted by atomic mass is 16.5. The van der Waals surface area contributed by atoms with Gasteiger partial charge in [0.05, 0.1) is 6.61 Å². The fourth-order valence-corrected chi connectivity index (χ4v) is 1.42. The number of ether oxygens (including phenoxy) is 1. The van der Waals surface area contributed by atoms with Crippen LogP contribution < -0.4 is 15.4 Å². The molecule has 3 N–H and O–H groups in total. The molecule has 0 amide bonds. The number of nitrogens with one attached hydrogen (secondary N) is 2. The molecule has 0 aliphatic rings. The first-order valence-electron chi connectivity index (χ1n) is 6.69. The molecule has 0 radical (unpaired) electrons. The molecule has 1 atom stereocenters. The second-order valence-electron chi connectivity index (χ2n) is 4.18. The molecule has 0 saturated carbocycles. The zero-order chi connectivity index (χ0) is 14.1. The third kappa shape index (κ3) is 5.69. The van der Waals surface area contributed by atoms with Crippen molar-refractivity contribution >= 4 is 11.9 Å². The van der Waals surface area contributed by atoms with Crippen LogP contribution in [0.1, 0.15) is 33.6 Å². The molecule has 0 fully saturated rings. The fourth-order valence-electron chi connectivity index (χ4n) is 1.42. The summed E-state index contributed by atoms with van der Waals surface area (Å²) in [5.41, 5.74) is 0. The second kappa shape index (κ2) is 8.47. The highest BCUT2D eigenvalue weighted by molar-refractivity contribution is 5.36. The topological polar surface area (TPSA) is 92.2 Å². The van der Waals surface area contributed by atoms with Gasteiger partial charge in [-0.3, -0.25) is 0 Å². The number of hydrogen-bond acceptors (Lipinski definition) is 7. The number of aliphatic hydroxyl groups excluding tert-OH is 1. The van der Waals surface area contributed by atoms with Gasteiger partial charge < -0.3 is 20.5 Å². The molecular formula is C12H23N5O2. The van der Waals surface area contributed by atoms with E-state index in [1.54, 1.807) is 0 Å². The average molecular weight is 269 g/mol. The smallest absolute Gasteiger partial charge is 0.323 e. The van der Waals surface area contributed by atoms with E-state index in [1.807, 2.05) is 13.8 Å². The Hall–Kier alpha value is -1.63. The lowest BCUT2D eigenvalue weighted by atomic mass is 10.2. The van der Waals surface area contributed by atoms with Crippen LogP contribution in [0, 0.1) is 0 Å². The van der Waals surface area contributed by atoms with E-state index >= 15 is 0 Å². The van der Waals surface area contributed by atoms with Crippen molar-refractivity contribution in [3.63, 3.8) is 0 Å². The summed E-state index contributed by atoms with van der Waals surface area (Å²) in [5.74, 6) is 0.956. The molecule has 0 aromatic carbocycles. The molecule has 19 heavy (non-hydrogen) atoms. The number of aromatic nitrogens is 3.